The molecule has 24 heavy (non-hydrogen) atoms. The molecule has 1 amide bonds. The van der Waals surface area contributed by atoms with Crippen LogP contribution in [0.1, 0.15) is 19.8 Å². The molecule has 2 rings (SSSR count). The van der Waals surface area contributed by atoms with Gasteiger partial charge >= 0.3 is 5.97 Å². The minimum absolute atomic E-state index is 0.0271. The number of rotatable bonds is 7. The minimum atomic E-state index is -0.333. The summed E-state index contributed by atoms with van der Waals surface area (Å²) in [5.41, 5.74) is 0.956. The summed E-state index contributed by atoms with van der Waals surface area (Å²) in [7, 11) is 4.05. The molecular weight excluding hydrogens is 324 g/mol. The van der Waals surface area contributed by atoms with Gasteiger partial charge in [0.25, 0.3) is 0 Å². The Labute approximate surface area is 148 Å². The van der Waals surface area contributed by atoms with Crippen molar-refractivity contribution in [1.29, 1.82) is 0 Å². The number of benzene rings is 1. The second kappa shape index (κ2) is 9.08. The van der Waals surface area contributed by atoms with Crippen LogP contribution < -0.4 is 4.90 Å². The lowest BCUT2D eigenvalue weighted by molar-refractivity contribution is -0.145. The van der Waals surface area contributed by atoms with E-state index in [-0.39, 0.29) is 24.2 Å². The zero-order chi connectivity index (χ0) is 17.5. The van der Waals surface area contributed by atoms with E-state index in [2.05, 4.69) is 4.90 Å². The van der Waals surface area contributed by atoms with E-state index in [0.717, 1.165) is 23.5 Å². The van der Waals surface area contributed by atoms with Crippen LogP contribution in [0, 0.1) is 5.92 Å². The van der Waals surface area contributed by atoms with Gasteiger partial charge in [0, 0.05) is 17.2 Å². The Kier molecular flexibility index (Phi) is 7.12. The van der Waals surface area contributed by atoms with Crippen molar-refractivity contribution in [2.75, 3.05) is 44.4 Å². The number of anilines is 1. The van der Waals surface area contributed by atoms with E-state index in [1.807, 2.05) is 43.3 Å². The first-order chi connectivity index (χ1) is 11.5. The van der Waals surface area contributed by atoms with E-state index in [0.29, 0.717) is 18.9 Å². The fraction of sp³-hybridized carbons (Fsp3) is 0.556. The number of para-hydroxylation sites is 1. The number of hydrogen-bond donors (Lipinski definition) is 0. The summed E-state index contributed by atoms with van der Waals surface area (Å²) >= 11 is 1.64. The van der Waals surface area contributed by atoms with E-state index in [4.69, 9.17) is 4.74 Å². The maximum Gasteiger partial charge on any atom is 0.306 e. The Bertz CT molecular complexity index is 577. The number of nitrogens with zero attached hydrogens (tertiary/aromatic N) is 2. The third kappa shape index (κ3) is 4.98. The summed E-state index contributed by atoms with van der Waals surface area (Å²) in [6, 6.07) is 7.97. The van der Waals surface area contributed by atoms with E-state index in [1.165, 1.54) is 0 Å². The normalized spacial score (nSPS) is 17.6. The molecular formula is C18H26N2O3S. The molecule has 0 spiro atoms. The quantitative estimate of drug-likeness (QED) is 0.708. The first kappa shape index (κ1) is 18.8. The predicted octanol–water partition coefficient (Wildman–Crippen LogP) is 2.65. The maximum absolute atomic E-state index is 13.0. The topological polar surface area (TPSA) is 49.9 Å². The highest BCUT2D eigenvalue weighted by Gasteiger charge is 2.32. The highest BCUT2D eigenvalue weighted by atomic mass is 32.2. The molecule has 1 heterocycles. The zero-order valence-corrected chi connectivity index (χ0v) is 15.5. The summed E-state index contributed by atoms with van der Waals surface area (Å²) in [6.45, 7) is 3.71. The summed E-state index contributed by atoms with van der Waals surface area (Å²) < 4.78 is 5.03. The van der Waals surface area contributed by atoms with Crippen molar-refractivity contribution in [3.8, 4) is 0 Å². The van der Waals surface area contributed by atoms with Crippen molar-refractivity contribution < 1.29 is 14.3 Å². The molecule has 0 radical (unpaired) electrons. The molecule has 1 unspecified atom stereocenters. The second-order valence-electron chi connectivity index (χ2n) is 6.13. The number of fused-ring (bicyclic) bond motifs is 1. The van der Waals surface area contributed by atoms with Crippen LogP contribution in [0.5, 0.6) is 0 Å². The first-order valence-corrected chi connectivity index (χ1v) is 9.35. The lowest BCUT2D eigenvalue weighted by Gasteiger charge is -2.26. The molecule has 0 N–H and O–H groups in total. The lowest BCUT2D eigenvalue weighted by atomic mass is 10.1. The van der Waals surface area contributed by atoms with E-state index >= 15 is 0 Å². The molecule has 1 atom stereocenters. The molecule has 1 aliphatic rings. The van der Waals surface area contributed by atoms with Gasteiger partial charge in [-0.15, -0.1) is 11.8 Å². The van der Waals surface area contributed by atoms with Crippen molar-refractivity contribution in [2.24, 2.45) is 5.92 Å². The SMILES string of the molecule is CCOC(=O)CC1CSc2ccccc2N(CCCN(C)C)C1=O. The van der Waals surface area contributed by atoms with Gasteiger partial charge in [0.15, 0.2) is 0 Å². The van der Waals surface area contributed by atoms with Crippen LogP contribution in [0.25, 0.3) is 0 Å². The van der Waals surface area contributed by atoms with Crippen LogP contribution in [-0.2, 0) is 14.3 Å². The van der Waals surface area contributed by atoms with Gasteiger partial charge in [-0.3, -0.25) is 9.59 Å². The summed E-state index contributed by atoms with van der Waals surface area (Å²) in [6.07, 6.45) is 1.04. The van der Waals surface area contributed by atoms with Crippen LogP contribution in [0.3, 0.4) is 0 Å². The van der Waals surface area contributed by atoms with Gasteiger partial charge in [0.05, 0.1) is 24.6 Å². The molecule has 1 aliphatic heterocycles. The van der Waals surface area contributed by atoms with E-state index in [1.54, 1.807) is 18.7 Å². The number of thioether (sulfide) groups is 1. The van der Waals surface area contributed by atoms with Crippen LogP contribution in [-0.4, -0.2) is 56.3 Å². The average molecular weight is 350 g/mol. The van der Waals surface area contributed by atoms with Crippen LogP contribution in [0.15, 0.2) is 29.2 Å². The highest BCUT2D eigenvalue weighted by Crippen LogP contribution is 2.36. The predicted molar refractivity (Wildman–Crippen MR) is 97.4 cm³/mol. The summed E-state index contributed by atoms with van der Waals surface area (Å²) in [5.74, 6) is 0.00877. The van der Waals surface area contributed by atoms with Gasteiger partial charge < -0.3 is 14.5 Å². The molecule has 0 saturated carbocycles. The molecule has 1 aromatic carbocycles. The third-order valence-corrected chi connectivity index (χ3v) is 5.14. The largest absolute Gasteiger partial charge is 0.466 e. The number of esters is 1. The highest BCUT2D eigenvalue weighted by molar-refractivity contribution is 7.99. The fourth-order valence-electron chi connectivity index (χ4n) is 2.75. The fourth-order valence-corrected chi connectivity index (χ4v) is 3.89. The molecule has 0 fully saturated rings. The smallest absolute Gasteiger partial charge is 0.306 e. The number of carbonyl (C=O) groups is 2. The molecule has 6 heteroatoms. The zero-order valence-electron chi connectivity index (χ0n) is 14.7. The molecule has 0 saturated heterocycles. The molecule has 1 aromatic rings. The van der Waals surface area contributed by atoms with E-state index < -0.39 is 0 Å². The molecule has 0 aromatic heterocycles. The Morgan fingerprint density at radius 2 is 2.12 bits per heavy atom. The number of carbonyl (C=O) groups excluding carboxylic acids is 2. The Morgan fingerprint density at radius 3 is 2.83 bits per heavy atom. The number of ether oxygens (including phenoxy) is 1. The van der Waals surface area contributed by atoms with Crippen molar-refractivity contribution in [2.45, 2.75) is 24.7 Å². The Morgan fingerprint density at radius 1 is 1.38 bits per heavy atom. The van der Waals surface area contributed by atoms with Gasteiger partial charge in [0.2, 0.25) is 5.91 Å². The third-order valence-electron chi connectivity index (χ3n) is 3.92. The molecule has 5 nitrogen and oxygen atoms in total. The van der Waals surface area contributed by atoms with Crippen molar-refractivity contribution in [1.82, 2.24) is 4.90 Å². The van der Waals surface area contributed by atoms with Crippen molar-refractivity contribution in [3.05, 3.63) is 24.3 Å². The van der Waals surface area contributed by atoms with Crippen LogP contribution >= 0.6 is 11.8 Å². The van der Waals surface area contributed by atoms with Gasteiger partial charge in [-0.25, -0.2) is 0 Å². The lowest BCUT2D eigenvalue weighted by Crippen LogP contribution is -2.39. The average Bonchev–Trinajstić information content (AvgIpc) is 2.67. The standard InChI is InChI=1S/C18H26N2O3S/c1-4-23-17(21)12-14-13-24-16-9-6-5-8-15(16)20(18(14)22)11-7-10-19(2)3/h5-6,8-9,14H,4,7,10-13H2,1-3H3. The van der Waals surface area contributed by atoms with Gasteiger partial charge in [-0.1, -0.05) is 12.1 Å². The molecule has 0 bridgehead atoms. The summed E-state index contributed by atoms with van der Waals surface area (Å²) in [4.78, 5) is 29.9. The first-order valence-electron chi connectivity index (χ1n) is 8.36. The summed E-state index contributed by atoms with van der Waals surface area (Å²) in [5, 5.41) is 0. The molecule has 132 valence electrons. The van der Waals surface area contributed by atoms with Crippen LogP contribution in [0.4, 0.5) is 5.69 Å². The Hall–Kier alpha value is -1.53. The van der Waals surface area contributed by atoms with Crippen LogP contribution in [0.2, 0.25) is 0 Å². The van der Waals surface area contributed by atoms with Gasteiger partial charge in [-0.2, -0.15) is 0 Å². The Balaban J connectivity index is 2.17. The van der Waals surface area contributed by atoms with Crippen molar-refractivity contribution >= 4 is 29.3 Å². The monoisotopic (exact) mass is 350 g/mol. The van der Waals surface area contributed by atoms with E-state index in [9.17, 15) is 9.59 Å². The number of amides is 1. The van der Waals surface area contributed by atoms with Crippen molar-refractivity contribution in [3.63, 3.8) is 0 Å². The minimum Gasteiger partial charge on any atom is -0.466 e. The van der Waals surface area contributed by atoms with Gasteiger partial charge in [0.1, 0.15) is 0 Å². The molecule has 0 aliphatic carbocycles. The number of hydrogen-bond acceptors (Lipinski definition) is 5. The maximum atomic E-state index is 13.0. The van der Waals surface area contributed by atoms with Gasteiger partial charge in [-0.05, 0) is 46.1 Å². The second-order valence-corrected chi connectivity index (χ2v) is 7.19.